The van der Waals surface area contributed by atoms with E-state index >= 15 is 0 Å². The Bertz CT molecular complexity index is 1370. The second-order valence-electron chi connectivity index (χ2n) is 7.20. The number of para-hydroxylation sites is 2. The lowest BCUT2D eigenvalue weighted by molar-refractivity contribution is 0.0950. The summed E-state index contributed by atoms with van der Waals surface area (Å²) in [6, 6.07) is 25.0. The van der Waals surface area contributed by atoms with Crippen molar-refractivity contribution >= 4 is 16.9 Å². The average molecular weight is 408 g/mol. The molecule has 0 saturated heterocycles. The number of nitrogens with one attached hydrogen (secondary N) is 1. The summed E-state index contributed by atoms with van der Waals surface area (Å²) in [6.45, 7) is 0.319. The highest BCUT2D eigenvalue weighted by atomic mass is 16.4. The maximum atomic E-state index is 13.0. The molecule has 1 amide bonds. The number of imidazole rings is 1. The van der Waals surface area contributed by atoms with Gasteiger partial charge in [0, 0.05) is 18.2 Å². The molecule has 2 heterocycles. The van der Waals surface area contributed by atoms with E-state index in [2.05, 4.69) is 15.3 Å². The highest BCUT2D eigenvalue weighted by molar-refractivity contribution is 6.00. The number of oxazole rings is 1. The monoisotopic (exact) mass is 408 g/mol. The van der Waals surface area contributed by atoms with Crippen LogP contribution in [0.5, 0.6) is 0 Å². The van der Waals surface area contributed by atoms with Crippen LogP contribution in [0.25, 0.3) is 33.8 Å². The molecule has 0 fully saturated rings. The van der Waals surface area contributed by atoms with Gasteiger partial charge in [-0.1, -0.05) is 54.6 Å². The molecule has 0 atom stereocenters. The van der Waals surface area contributed by atoms with Crippen molar-refractivity contribution in [2.45, 2.75) is 6.54 Å². The van der Waals surface area contributed by atoms with Crippen LogP contribution >= 0.6 is 0 Å². The van der Waals surface area contributed by atoms with E-state index in [1.807, 2.05) is 84.4 Å². The molecule has 152 valence electrons. The topological polar surface area (TPSA) is 73.0 Å². The first kappa shape index (κ1) is 18.8. The van der Waals surface area contributed by atoms with E-state index in [-0.39, 0.29) is 5.91 Å². The zero-order valence-corrected chi connectivity index (χ0v) is 16.9. The zero-order chi connectivity index (χ0) is 21.2. The van der Waals surface area contributed by atoms with E-state index in [0.29, 0.717) is 29.3 Å². The van der Waals surface area contributed by atoms with E-state index in [0.717, 1.165) is 22.4 Å². The van der Waals surface area contributed by atoms with Crippen LogP contribution in [0.3, 0.4) is 0 Å². The van der Waals surface area contributed by atoms with Gasteiger partial charge in [-0.15, -0.1) is 0 Å². The van der Waals surface area contributed by atoms with E-state index in [1.54, 1.807) is 12.3 Å². The van der Waals surface area contributed by atoms with Crippen LogP contribution in [-0.4, -0.2) is 20.4 Å². The second-order valence-corrected chi connectivity index (χ2v) is 7.20. The number of carbonyl (C=O) groups excluding carboxylic acids is 1. The van der Waals surface area contributed by atoms with E-state index in [1.165, 1.54) is 0 Å². The molecule has 0 unspecified atom stereocenters. The minimum atomic E-state index is -0.206. The molecule has 31 heavy (non-hydrogen) atoms. The molecule has 0 saturated carbocycles. The number of carbonyl (C=O) groups is 1. The third-order valence-electron chi connectivity index (χ3n) is 5.25. The molecule has 6 nitrogen and oxygen atoms in total. The number of rotatable bonds is 5. The van der Waals surface area contributed by atoms with Crippen molar-refractivity contribution in [2.24, 2.45) is 7.05 Å². The van der Waals surface area contributed by atoms with Gasteiger partial charge in [0.2, 0.25) is 5.89 Å². The predicted molar refractivity (Wildman–Crippen MR) is 119 cm³/mol. The third kappa shape index (κ3) is 3.59. The number of benzene rings is 3. The minimum Gasteiger partial charge on any atom is -0.436 e. The first-order valence-corrected chi connectivity index (χ1v) is 10.00. The van der Waals surface area contributed by atoms with Gasteiger partial charge in [-0.25, -0.2) is 9.97 Å². The van der Waals surface area contributed by atoms with Crippen LogP contribution in [0.2, 0.25) is 0 Å². The van der Waals surface area contributed by atoms with Crippen molar-refractivity contribution in [3.05, 3.63) is 96.4 Å². The zero-order valence-electron chi connectivity index (χ0n) is 16.9. The van der Waals surface area contributed by atoms with Gasteiger partial charge < -0.3 is 14.3 Å². The molecule has 5 rings (SSSR count). The molecule has 0 spiro atoms. The van der Waals surface area contributed by atoms with Crippen LogP contribution < -0.4 is 5.32 Å². The fourth-order valence-electron chi connectivity index (χ4n) is 3.61. The van der Waals surface area contributed by atoms with Crippen LogP contribution in [0.1, 0.15) is 16.2 Å². The summed E-state index contributed by atoms with van der Waals surface area (Å²) in [5, 5.41) is 2.97. The summed E-state index contributed by atoms with van der Waals surface area (Å²) < 4.78 is 7.95. The molecule has 0 aliphatic heterocycles. The normalized spacial score (nSPS) is 11.0. The van der Waals surface area contributed by atoms with Gasteiger partial charge in [-0.3, -0.25) is 4.79 Å². The summed E-state index contributed by atoms with van der Waals surface area (Å²) in [5.41, 5.74) is 4.02. The minimum absolute atomic E-state index is 0.206. The Labute approximate surface area is 179 Å². The Morgan fingerprint density at radius 1 is 0.968 bits per heavy atom. The number of amides is 1. The lowest BCUT2D eigenvalue weighted by atomic mass is 10.1. The van der Waals surface area contributed by atoms with Crippen molar-refractivity contribution in [2.75, 3.05) is 0 Å². The van der Waals surface area contributed by atoms with Crippen molar-refractivity contribution in [1.82, 2.24) is 19.9 Å². The number of hydrogen-bond donors (Lipinski definition) is 1. The SMILES string of the molecule is Cn1c(CNC(=O)c2ccccc2-c2ncc(-c3ccccc3)o2)nc2ccccc21. The second kappa shape index (κ2) is 7.91. The van der Waals surface area contributed by atoms with Gasteiger partial charge in [0.1, 0.15) is 5.82 Å². The smallest absolute Gasteiger partial charge is 0.252 e. The molecule has 0 aliphatic carbocycles. The van der Waals surface area contributed by atoms with Crippen molar-refractivity contribution in [3.63, 3.8) is 0 Å². The molecule has 6 heteroatoms. The number of aryl methyl sites for hydroxylation is 1. The third-order valence-corrected chi connectivity index (χ3v) is 5.25. The fourth-order valence-corrected chi connectivity index (χ4v) is 3.61. The van der Waals surface area contributed by atoms with Gasteiger partial charge in [-0.2, -0.15) is 0 Å². The first-order chi connectivity index (χ1) is 15.2. The first-order valence-electron chi connectivity index (χ1n) is 10.00. The van der Waals surface area contributed by atoms with Crippen LogP contribution in [0.4, 0.5) is 0 Å². The molecule has 3 aromatic carbocycles. The van der Waals surface area contributed by atoms with E-state index in [4.69, 9.17) is 4.42 Å². The maximum Gasteiger partial charge on any atom is 0.252 e. The van der Waals surface area contributed by atoms with Crippen molar-refractivity contribution < 1.29 is 9.21 Å². The lowest BCUT2D eigenvalue weighted by Gasteiger charge is -2.08. The van der Waals surface area contributed by atoms with Crippen molar-refractivity contribution in [1.29, 1.82) is 0 Å². The number of fused-ring (bicyclic) bond motifs is 1. The van der Waals surface area contributed by atoms with Crippen LogP contribution in [0, 0.1) is 0 Å². The highest BCUT2D eigenvalue weighted by Gasteiger charge is 2.17. The summed E-state index contributed by atoms with van der Waals surface area (Å²) in [5.74, 6) is 1.65. The molecule has 0 bridgehead atoms. The standard InChI is InChI=1S/C25H20N4O2/c1-29-21-14-8-7-13-20(21)28-23(29)16-26-24(30)18-11-5-6-12-19(18)25-27-15-22(31-25)17-9-3-2-4-10-17/h2-15H,16H2,1H3,(H,26,30). The molecular formula is C25H20N4O2. The van der Waals surface area contributed by atoms with Crippen LogP contribution in [0.15, 0.2) is 89.5 Å². The summed E-state index contributed by atoms with van der Waals surface area (Å²) in [6.07, 6.45) is 1.68. The molecule has 2 aromatic heterocycles. The van der Waals surface area contributed by atoms with Gasteiger partial charge in [0.15, 0.2) is 5.76 Å². The number of hydrogen-bond acceptors (Lipinski definition) is 4. The largest absolute Gasteiger partial charge is 0.436 e. The van der Waals surface area contributed by atoms with Gasteiger partial charge in [0.05, 0.1) is 29.3 Å². The molecule has 0 radical (unpaired) electrons. The quantitative estimate of drug-likeness (QED) is 0.452. The Morgan fingerprint density at radius 2 is 1.71 bits per heavy atom. The Hall–Kier alpha value is -4.19. The molecule has 1 N–H and O–H groups in total. The number of nitrogens with zero attached hydrogens (tertiary/aromatic N) is 3. The fraction of sp³-hybridized carbons (Fsp3) is 0.0800. The van der Waals surface area contributed by atoms with Crippen molar-refractivity contribution in [3.8, 4) is 22.8 Å². The Balaban J connectivity index is 1.39. The molecule has 0 aliphatic rings. The maximum absolute atomic E-state index is 13.0. The summed E-state index contributed by atoms with van der Waals surface area (Å²) in [7, 11) is 1.95. The average Bonchev–Trinajstić information content (AvgIpc) is 3.44. The van der Waals surface area contributed by atoms with Gasteiger partial charge in [0.25, 0.3) is 5.91 Å². The van der Waals surface area contributed by atoms with Gasteiger partial charge in [-0.05, 0) is 24.3 Å². The van der Waals surface area contributed by atoms with E-state index in [9.17, 15) is 4.79 Å². The molecular weight excluding hydrogens is 388 g/mol. The predicted octanol–water partition coefficient (Wildman–Crippen LogP) is 4.83. The van der Waals surface area contributed by atoms with E-state index < -0.39 is 0 Å². The highest BCUT2D eigenvalue weighted by Crippen LogP contribution is 2.28. The van der Waals surface area contributed by atoms with Gasteiger partial charge >= 0.3 is 0 Å². The Morgan fingerprint density at radius 3 is 2.55 bits per heavy atom. The summed E-state index contributed by atoms with van der Waals surface area (Å²) in [4.78, 5) is 22.0. The van der Waals surface area contributed by atoms with Crippen LogP contribution in [-0.2, 0) is 13.6 Å². The lowest BCUT2D eigenvalue weighted by Crippen LogP contribution is -2.25. The summed E-state index contributed by atoms with van der Waals surface area (Å²) >= 11 is 0. The number of aromatic nitrogens is 3. The molecule has 5 aromatic rings. The Kier molecular flexibility index (Phi) is 4.80.